The van der Waals surface area contributed by atoms with Crippen molar-refractivity contribution in [1.82, 2.24) is 0 Å². The number of methoxy groups -OCH3 is 1. The first kappa shape index (κ1) is 23.9. The molecule has 1 aliphatic heterocycles. The van der Waals surface area contributed by atoms with Gasteiger partial charge in [-0.25, -0.2) is 4.79 Å². The predicted octanol–water partition coefficient (Wildman–Crippen LogP) is 4.34. The largest absolute Gasteiger partial charge is 0.497 e. The SMILES string of the molecule is CCOC(=O)c1ccc(N2C(=O)C(=O)C(C(=O)c3ccc(C)cc3)C2c2ccc(OC)cc2)cc1. The van der Waals surface area contributed by atoms with Crippen LogP contribution in [-0.2, 0) is 14.3 Å². The number of ether oxygens (including phenoxy) is 2. The highest BCUT2D eigenvalue weighted by Gasteiger charge is 2.52. The number of nitrogens with zero attached hydrogens (tertiary/aromatic N) is 1. The summed E-state index contributed by atoms with van der Waals surface area (Å²) in [6.07, 6.45) is 0. The first-order valence-electron chi connectivity index (χ1n) is 11.2. The maximum atomic E-state index is 13.5. The Balaban J connectivity index is 1.79. The van der Waals surface area contributed by atoms with Gasteiger partial charge in [-0.15, -0.1) is 0 Å². The molecule has 0 aromatic heterocycles. The topological polar surface area (TPSA) is 90.0 Å². The number of hydrogen-bond acceptors (Lipinski definition) is 6. The number of anilines is 1. The lowest BCUT2D eigenvalue weighted by Crippen LogP contribution is -2.30. The normalized spacial score (nSPS) is 17.4. The third-order valence-electron chi connectivity index (χ3n) is 6.04. The van der Waals surface area contributed by atoms with E-state index in [9.17, 15) is 19.2 Å². The fourth-order valence-corrected chi connectivity index (χ4v) is 4.22. The van der Waals surface area contributed by atoms with Crippen LogP contribution in [0.1, 0.15) is 44.8 Å². The van der Waals surface area contributed by atoms with Gasteiger partial charge in [0.05, 0.1) is 25.3 Å². The molecule has 0 N–H and O–H groups in total. The molecule has 7 heteroatoms. The Labute approximate surface area is 203 Å². The molecular formula is C28H25NO6. The van der Waals surface area contributed by atoms with Gasteiger partial charge in [0.25, 0.3) is 5.91 Å². The van der Waals surface area contributed by atoms with E-state index < -0.39 is 35.4 Å². The third kappa shape index (κ3) is 4.57. The van der Waals surface area contributed by atoms with Crippen LogP contribution in [0, 0.1) is 12.8 Å². The quantitative estimate of drug-likeness (QED) is 0.220. The summed E-state index contributed by atoms with van der Waals surface area (Å²) in [7, 11) is 1.54. The van der Waals surface area contributed by atoms with Crippen molar-refractivity contribution in [2.24, 2.45) is 5.92 Å². The van der Waals surface area contributed by atoms with Gasteiger partial charge >= 0.3 is 5.97 Å². The number of hydrogen-bond donors (Lipinski definition) is 0. The fraction of sp³-hybridized carbons (Fsp3) is 0.214. The number of rotatable bonds is 7. The molecule has 7 nitrogen and oxygen atoms in total. The minimum absolute atomic E-state index is 0.238. The first-order chi connectivity index (χ1) is 16.8. The number of carbonyl (C=O) groups excluding carboxylic acids is 4. The van der Waals surface area contributed by atoms with Crippen LogP contribution in [0.4, 0.5) is 5.69 Å². The Kier molecular flexibility index (Phi) is 6.78. The van der Waals surface area contributed by atoms with Gasteiger partial charge in [0.1, 0.15) is 11.7 Å². The van der Waals surface area contributed by atoms with Crippen molar-refractivity contribution in [2.75, 3.05) is 18.6 Å². The smallest absolute Gasteiger partial charge is 0.338 e. The maximum absolute atomic E-state index is 13.5. The Hall–Kier alpha value is -4.26. The minimum atomic E-state index is -1.22. The number of ketones is 2. The lowest BCUT2D eigenvalue weighted by molar-refractivity contribution is -0.135. The molecule has 35 heavy (non-hydrogen) atoms. The van der Waals surface area contributed by atoms with Crippen LogP contribution in [0.3, 0.4) is 0 Å². The van der Waals surface area contributed by atoms with Crippen molar-refractivity contribution in [2.45, 2.75) is 19.9 Å². The molecule has 1 heterocycles. The average Bonchev–Trinajstić information content (AvgIpc) is 3.14. The molecule has 4 rings (SSSR count). The zero-order valence-electron chi connectivity index (χ0n) is 19.7. The van der Waals surface area contributed by atoms with E-state index >= 15 is 0 Å². The molecule has 1 saturated heterocycles. The van der Waals surface area contributed by atoms with Crippen molar-refractivity contribution in [3.63, 3.8) is 0 Å². The molecule has 0 radical (unpaired) electrons. The van der Waals surface area contributed by atoms with Gasteiger partial charge < -0.3 is 9.47 Å². The molecular weight excluding hydrogens is 446 g/mol. The van der Waals surface area contributed by atoms with Crippen LogP contribution >= 0.6 is 0 Å². The van der Waals surface area contributed by atoms with E-state index in [0.717, 1.165) is 5.56 Å². The van der Waals surface area contributed by atoms with Crippen LogP contribution in [0.2, 0.25) is 0 Å². The van der Waals surface area contributed by atoms with Crippen LogP contribution in [-0.4, -0.2) is 37.2 Å². The second kappa shape index (κ2) is 9.93. The highest BCUT2D eigenvalue weighted by Crippen LogP contribution is 2.41. The van der Waals surface area contributed by atoms with Gasteiger partial charge in [-0.3, -0.25) is 19.3 Å². The van der Waals surface area contributed by atoms with E-state index in [2.05, 4.69) is 0 Å². The van der Waals surface area contributed by atoms with Gasteiger partial charge in [0.2, 0.25) is 5.78 Å². The van der Waals surface area contributed by atoms with Gasteiger partial charge in [-0.1, -0.05) is 42.0 Å². The van der Waals surface area contributed by atoms with Crippen LogP contribution in [0.15, 0.2) is 72.8 Å². The zero-order chi connectivity index (χ0) is 25.1. The summed E-state index contributed by atoms with van der Waals surface area (Å²) >= 11 is 0. The van der Waals surface area contributed by atoms with Gasteiger partial charge in [0.15, 0.2) is 5.78 Å². The van der Waals surface area contributed by atoms with Crippen LogP contribution in [0.25, 0.3) is 0 Å². The van der Waals surface area contributed by atoms with Crippen molar-refractivity contribution in [3.8, 4) is 5.75 Å². The first-order valence-corrected chi connectivity index (χ1v) is 11.2. The highest BCUT2D eigenvalue weighted by molar-refractivity contribution is 6.49. The van der Waals surface area contributed by atoms with Crippen LogP contribution in [0.5, 0.6) is 5.75 Å². The van der Waals surface area contributed by atoms with Crippen molar-refractivity contribution in [3.05, 3.63) is 95.1 Å². The summed E-state index contributed by atoms with van der Waals surface area (Å²) in [5.74, 6) is -3.07. The summed E-state index contributed by atoms with van der Waals surface area (Å²) in [4.78, 5) is 53.4. The molecule has 3 aromatic rings. The number of amides is 1. The van der Waals surface area contributed by atoms with Gasteiger partial charge in [-0.05, 0) is 55.8 Å². The second-order valence-electron chi connectivity index (χ2n) is 8.23. The molecule has 2 unspecified atom stereocenters. The van der Waals surface area contributed by atoms with Gasteiger partial charge in [0, 0.05) is 11.3 Å². The van der Waals surface area contributed by atoms with E-state index in [1.165, 1.54) is 17.0 Å². The maximum Gasteiger partial charge on any atom is 0.338 e. The molecule has 0 saturated carbocycles. The molecule has 0 bridgehead atoms. The standard InChI is InChI=1S/C28H25NO6/c1-4-35-28(33)20-9-13-21(14-10-20)29-24(18-11-15-22(34-3)16-12-18)23(26(31)27(29)32)25(30)19-7-5-17(2)6-8-19/h5-16,23-24H,4H2,1-3H3. The summed E-state index contributed by atoms with van der Waals surface area (Å²) < 4.78 is 10.3. The van der Waals surface area contributed by atoms with Crippen molar-refractivity contribution < 1.29 is 28.7 Å². The molecule has 0 aliphatic carbocycles. The minimum Gasteiger partial charge on any atom is -0.497 e. The molecule has 178 valence electrons. The Bertz CT molecular complexity index is 1260. The van der Waals surface area contributed by atoms with E-state index in [-0.39, 0.29) is 6.61 Å². The second-order valence-corrected chi connectivity index (χ2v) is 8.23. The molecule has 2 atom stereocenters. The number of benzene rings is 3. The Morgan fingerprint density at radius 3 is 2.03 bits per heavy atom. The summed E-state index contributed by atoms with van der Waals surface area (Å²) in [6, 6.07) is 19.2. The summed E-state index contributed by atoms with van der Waals surface area (Å²) in [5.41, 5.74) is 2.67. The average molecular weight is 472 g/mol. The third-order valence-corrected chi connectivity index (χ3v) is 6.04. The van der Waals surface area contributed by atoms with Crippen LogP contribution < -0.4 is 9.64 Å². The summed E-state index contributed by atoms with van der Waals surface area (Å²) in [6.45, 7) is 3.85. The number of esters is 1. The number of aryl methyl sites for hydroxylation is 1. The van der Waals surface area contributed by atoms with E-state index in [1.54, 1.807) is 74.7 Å². The lowest BCUT2D eigenvalue weighted by Gasteiger charge is -2.27. The molecule has 3 aromatic carbocycles. The molecule has 1 fully saturated rings. The van der Waals surface area contributed by atoms with Crippen molar-refractivity contribution in [1.29, 1.82) is 0 Å². The molecule has 0 spiro atoms. The zero-order valence-corrected chi connectivity index (χ0v) is 19.7. The number of Topliss-reactive ketones (excluding diaryl/α,β-unsaturated/α-hetero) is 2. The lowest BCUT2D eigenvalue weighted by atomic mass is 9.86. The van der Waals surface area contributed by atoms with Crippen molar-refractivity contribution >= 4 is 29.1 Å². The predicted molar refractivity (Wildman–Crippen MR) is 130 cm³/mol. The monoisotopic (exact) mass is 471 g/mol. The highest BCUT2D eigenvalue weighted by atomic mass is 16.5. The van der Waals surface area contributed by atoms with E-state index in [4.69, 9.17) is 9.47 Å². The molecule has 1 aliphatic rings. The number of carbonyl (C=O) groups is 4. The van der Waals surface area contributed by atoms with Gasteiger partial charge in [-0.2, -0.15) is 0 Å². The summed E-state index contributed by atoms with van der Waals surface area (Å²) in [5, 5.41) is 0. The molecule has 1 amide bonds. The van der Waals surface area contributed by atoms with E-state index in [0.29, 0.717) is 28.1 Å². The Morgan fingerprint density at radius 1 is 0.857 bits per heavy atom. The van der Waals surface area contributed by atoms with E-state index in [1.807, 2.05) is 6.92 Å². The fourth-order valence-electron chi connectivity index (χ4n) is 4.22. The Morgan fingerprint density at radius 2 is 1.46 bits per heavy atom.